The molecule has 0 saturated heterocycles. The summed E-state index contributed by atoms with van der Waals surface area (Å²) >= 11 is 0. The third kappa shape index (κ3) is 2.10. The molecule has 120 valence electrons. The third-order valence-electron chi connectivity index (χ3n) is 5.81. The van der Waals surface area contributed by atoms with Gasteiger partial charge in [0.2, 0.25) is 5.91 Å². The number of carbonyl (C=O) groups is 2. The Balaban J connectivity index is 1.50. The Bertz CT molecular complexity index is 693. The van der Waals surface area contributed by atoms with E-state index in [1.165, 1.54) is 12.1 Å². The van der Waals surface area contributed by atoms with Crippen LogP contribution in [0.4, 0.5) is 4.39 Å². The highest BCUT2D eigenvalue weighted by Crippen LogP contribution is 2.71. The molecule has 23 heavy (non-hydrogen) atoms. The highest BCUT2D eigenvalue weighted by molar-refractivity contribution is 5.87. The van der Waals surface area contributed by atoms with Gasteiger partial charge in [-0.1, -0.05) is 24.3 Å². The Hall–Kier alpha value is -2.17. The van der Waals surface area contributed by atoms with Crippen molar-refractivity contribution >= 4 is 11.9 Å². The Morgan fingerprint density at radius 2 is 1.74 bits per heavy atom. The lowest BCUT2D eigenvalue weighted by atomic mass is 9.82. The minimum absolute atomic E-state index is 0.00780. The highest BCUT2D eigenvalue weighted by Gasteiger charge is 2.69. The molecule has 2 fully saturated rings. The van der Waals surface area contributed by atoms with Crippen molar-refractivity contribution in [3.05, 3.63) is 47.8 Å². The van der Waals surface area contributed by atoms with Crippen LogP contribution < -0.4 is 5.32 Å². The fraction of sp³-hybridized carbons (Fsp3) is 0.444. The molecule has 1 amide bonds. The number of nitrogens with one attached hydrogen (secondary N) is 1. The van der Waals surface area contributed by atoms with E-state index in [0.717, 1.165) is 18.4 Å². The normalized spacial score (nSPS) is 32.2. The molecular weight excluding hydrogens is 297 g/mol. The van der Waals surface area contributed by atoms with E-state index in [4.69, 9.17) is 0 Å². The number of aliphatic carboxylic acids is 1. The van der Waals surface area contributed by atoms with E-state index in [1.54, 1.807) is 12.1 Å². The van der Waals surface area contributed by atoms with Crippen molar-refractivity contribution in [2.24, 2.45) is 29.1 Å². The molecular formula is C18H18FNO3. The SMILES string of the molecule is O=C(O)C1C(C(=O)NCc2ccc(F)cc2)C2C=CC1C21CC1. The van der Waals surface area contributed by atoms with Gasteiger partial charge >= 0.3 is 5.97 Å². The summed E-state index contributed by atoms with van der Waals surface area (Å²) in [7, 11) is 0. The van der Waals surface area contributed by atoms with Crippen molar-refractivity contribution in [1.82, 2.24) is 5.32 Å². The standard InChI is InChI=1S/C18H18FNO3/c19-11-3-1-10(2-4-11)9-20-16(21)14-12-5-6-13(15(14)17(22)23)18(12)7-8-18/h1-6,12-15H,7-9H2,(H,20,21)(H,22,23). The van der Waals surface area contributed by atoms with Gasteiger partial charge in [-0.3, -0.25) is 9.59 Å². The smallest absolute Gasteiger partial charge is 0.307 e. The van der Waals surface area contributed by atoms with Crippen LogP contribution in [0.15, 0.2) is 36.4 Å². The predicted molar refractivity (Wildman–Crippen MR) is 80.6 cm³/mol. The van der Waals surface area contributed by atoms with Crippen molar-refractivity contribution in [3.63, 3.8) is 0 Å². The van der Waals surface area contributed by atoms with Crippen molar-refractivity contribution in [1.29, 1.82) is 0 Å². The first-order valence-electron chi connectivity index (χ1n) is 7.96. The first-order valence-corrected chi connectivity index (χ1v) is 7.96. The summed E-state index contributed by atoms with van der Waals surface area (Å²) in [4.78, 5) is 24.3. The Kier molecular flexibility index (Phi) is 3.08. The molecule has 4 nitrogen and oxygen atoms in total. The number of allylic oxidation sites excluding steroid dienone is 2. The molecule has 3 aliphatic carbocycles. The average Bonchev–Trinajstić information content (AvgIpc) is 3.20. The van der Waals surface area contributed by atoms with E-state index >= 15 is 0 Å². The Morgan fingerprint density at radius 1 is 1.13 bits per heavy atom. The molecule has 1 aromatic carbocycles. The number of benzene rings is 1. The molecule has 5 heteroatoms. The van der Waals surface area contributed by atoms with Gasteiger partial charge in [0.1, 0.15) is 5.82 Å². The third-order valence-corrected chi connectivity index (χ3v) is 5.81. The molecule has 0 heterocycles. The van der Waals surface area contributed by atoms with Crippen molar-refractivity contribution < 1.29 is 19.1 Å². The largest absolute Gasteiger partial charge is 0.481 e. The molecule has 1 spiro atoms. The number of halogens is 1. The summed E-state index contributed by atoms with van der Waals surface area (Å²) in [5, 5.41) is 12.4. The average molecular weight is 315 g/mol. The molecule has 4 rings (SSSR count). The van der Waals surface area contributed by atoms with Gasteiger partial charge in [0.25, 0.3) is 0 Å². The van der Waals surface area contributed by atoms with Gasteiger partial charge in [0.15, 0.2) is 0 Å². The zero-order valence-corrected chi connectivity index (χ0v) is 12.5. The van der Waals surface area contributed by atoms with Crippen LogP contribution in [0.5, 0.6) is 0 Å². The van der Waals surface area contributed by atoms with Gasteiger partial charge in [-0.25, -0.2) is 4.39 Å². The summed E-state index contributed by atoms with van der Waals surface area (Å²) in [6.45, 7) is 0.288. The summed E-state index contributed by atoms with van der Waals surface area (Å²) in [6, 6.07) is 5.93. The van der Waals surface area contributed by atoms with Crippen LogP contribution in [0.25, 0.3) is 0 Å². The van der Waals surface area contributed by atoms with Crippen LogP contribution >= 0.6 is 0 Å². The maximum Gasteiger partial charge on any atom is 0.307 e. The zero-order valence-electron chi connectivity index (χ0n) is 12.5. The van der Waals surface area contributed by atoms with E-state index in [0.29, 0.717) is 0 Å². The van der Waals surface area contributed by atoms with E-state index in [-0.39, 0.29) is 35.5 Å². The van der Waals surface area contributed by atoms with Crippen LogP contribution in [-0.4, -0.2) is 17.0 Å². The number of hydrogen-bond donors (Lipinski definition) is 2. The molecule has 4 unspecified atom stereocenters. The first-order chi connectivity index (χ1) is 11.0. The van der Waals surface area contributed by atoms with Gasteiger partial charge in [-0.05, 0) is 47.8 Å². The summed E-state index contributed by atoms with van der Waals surface area (Å²) < 4.78 is 12.9. The van der Waals surface area contributed by atoms with Crippen LogP contribution in [-0.2, 0) is 16.1 Å². The molecule has 1 aromatic rings. The number of hydrogen-bond acceptors (Lipinski definition) is 2. The van der Waals surface area contributed by atoms with Gasteiger partial charge in [0.05, 0.1) is 11.8 Å². The molecule has 2 saturated carbocycles. The Labute approximate surface area is 133 Å². The van der Waals surface area contributed by atoms with Crippen LogP contribution in [0.3, 0.4) is 0 Å². The molecule has 2 N–H and O–H groups in total. The summed E-state index contributed by atoms with van der Waals surface area (Å²) in [6.07, 6.45) is 6.07. The van der Waals surface area contributed by atoms with Gasteiger partial charge in [-0.2, -0.15) is 0 Å². The quantitative estimate of drug-likeness (QED) is 0.838. The van der Waals surface area contributed by atoms with E-state index in [1.807, 2.05) is 12.2 Å². The van der Waals surface area contributed by atoms with Crippen LogP contribution in [0, 0.1) is 34.9 Å². The van der Waals surface area contributed by atoms with Gasteiger partial charge < -0.3 is 10.4 Å². The van der Waals surface area contributed by atoms with Gasteiger partial charge in [-0.15, -0.1) is 0 Å². The first kappa shape index (κ1) is 14.4. The summed E-state index contributed by atoms with van der Waals surface area (Å²) in [5.74, 6) is -2.49. The second-order valence-corrected chi connectivity index (χ2v) is 6.90. The van der Waals surface area contributed by atoms with Crippen LogP contribution in [0.2, 0.25) is 0 Å². The number of carboxylic acid groups (broad SMARTS) is 1. The lowest BCUT2D eigenvalue weighted by molar-refractivity contribution is -0.147. The molecule has 0 aromatic heterocycles. The number of carboxylic acids is 1. The fourth-order valence-corrected chi connectivity index (χ4v) is 4.60. The number of rotatable bonds is 4. The van der Waals surface area contributed by atoms with Crippen molar-refractivity contribution in [3.8, 4) is 0 Å². The van der Waals surface area contributed by atoms with Crippen molar-refractivity contribution in [2.75, 3.05) is 0 Å². The molecule has 3 aliphatic rings. The second kappa shape index (κ2) is 4.91. The lowest BCUT2D eigenvalue weighted by Crippen LogP contribution is -2.39. The number of amides is 1. The van der Waals surface area contributed by atoms with E-state index in [2.05, 4.69) is 5.32 Å². The predicted octanol–water partition coefficient (Wildman–Crippen LogP) is 2.35. The van der Waals surface area contributed by atoms with Crippen LogP contribution in [0.1, 0.15) is 18.4 Å². The minimum atomic E-state index is -0.880. The summed E-state index contributed by atoms with van der Waals surface area (Å²) in [5.41, 5.74) is 0.826. The fourth-order valence-electron chi connectivity index (χ4n) is 4.60. The zero-order chi connectivity index (χ0) is 16.2. The minimum Gasteiger partial charge on any atom is -0.481 e. The topological polar surface area (TPSA) is 66.4 Å². The second-order valence-electron chi connectivity index (χ2n) is 6.90. The lowest BCUT2D eigenvalue weighted by Gasteiger charge is -2.23. The monoisotopic (exact) mass is 315 g/mol. The number of carbonyl (C=O) groups excluding carboxylic acids is 1. The molecule has 4 atom stereocenters. The molecule has 2 bridgehead atoms. The van der Waals surface area contributed by atoms with Crippen molar-refractivity contribution in [2.45, 2.75) is 19.4 Å². The maximum atomic E-state index is 12.9. The Morgan fingerprint density at radius 3 is 2.30 bits per heavy atom. The maximum absolute atomic E-state index is 12.9. The highest BCUT2D eigenvalue weighted by atomic mass is 19.1. The van der Waals surface area contributed by atoms with Gasteiger partial charge in [0, 0.05) is 6.54 Å². The van der Waals surface area contributed by atoms with E-state index in [9.17, 15) is 19.1 Å². The van der Waals surface area contributed by atoms with E-state index < -0.39 is 17.8 Å². The molecule has 0 aliphatic heterocycles. The molecule has 0 radical (unpaired) electrons.